The molecule has 0 radical (unpaired) electrons. The Labute approximate surface area is 221 Å². The number of halogens is 1. The van der Waals surface area contributed by atoms with Gasteiger partial charge >= 0.3 is 0 Å². The molecule has 1 unspecified atom stereocenters. The van der Waals surface area contributed by atoms with E-state index >= 15 is 0 Å². The van der Waals surface area contributed by atoms with E-state index in [-0.39, 0.29) is 30.3 Å². The van der Waals surface area contributed by atoms with Crippen LogP contribution in [0.1, 0.15) is 42.4 Å². The first kappa shape index (κ1) is 27.9. The lowest BCUT2D eigenvalue weighted by Crippen LogP contribution is -2.51. The van der Waals surface area contributed by atoms with E-state index < -0.39 is 0 Å². The molecule has 0 aromatic heterocycles. The molecule has 1 fully saturated rings. The second kappa shape index (κ2) is 12.5. The Bertz CT molecular complexity index is 1050. The molecule has 0 spiro atoms. The lowest BCUT2D eigenvalue weighted by molar-refractivity contribution is -0.135. The molecule has 2 heterocycles. The van der Waals surface area contributed by atoms with Gasteiger partial charge in [0.15, 0.2) is 23.0 Å². The number of hydrogen-bond acceptors (Lipinski definition) is 6. The van der Waals surface area contributed by atoms with E-state index in [4.69, 9.17) is 18.9 Å². The van der Waals surface area contributed by atoms with Crippen LogP contribution in [-0.2, 0) is 17.6 Å². The van der Waals surface area contributed by atoms with E-state index in [0.717, 1.165) is 74.7 Å². The third kappa shape index (κ3) is 5.84. The normalized spacial score (nSPS) is 20.1. The maximum absolute atomic E-state index is 13.6. The number of methoxy groups -OCH3 is 4. The van der Waals surface area contributed by atoms with Gasteiger partial charge < -0.3 is 28.7 Å². The van der Waals surface area contributed by atoms with Gasteiger partial charge in [-0.05, 0) is 80.1 Å². The van der Waals surface area contributed by atoms with E-state index in [9.17, 15) is 4.79 Å². The molecule has 2 aliphatic heterocycles. The Morgan fingerprint density at radius 1 is 0.889 bits per heavy atom. The predicted molar refractivity (Wildman–Crippen MR) is 143 cm³/mol. The fourth-order valence-electron chi connectivity index (χ4n) is 5.46. The molecule has 1 amide bonds. The zero-order valence-corrected chi connectivity index (χ0v) is 22.9. The van der Waals surface area contributed by atoms with E-state index in [1.165, 1.54) is 11.1 Å². The summed E-state index contributed by atoms with van der Waals surface area (Å²) in [6.45, 7) is 5.69. The van der Waals surface area contributed by atoms with E-state index in [1.807, 2.05) is 25.1 Å². The zero-order chi connectivity index (χ0) is 24.9. The molecule has 2 aromatic carbocycles. The summed E-state index contributed by atoms with van der Waals surface area (Å²) >= 11 is 0. The van der Waals surface area contributed by atoms with Crippen LogP contribution in [0, 0.1) is 0 Å². The van der Waals surface area contributed by atoms with Crippen LogP contribution in [-0.4, -0.2) is 76.4 Å². The molecular formula is C28H39ClN2O5. The number of rotatable bonds is 8. The topological polar surface area (TPSA) is 60.5 Å². The first-order chi connectivity index (χ1) is 17.0. The van der Waals surface area contributed by atoms with Crippen LogP contribution < -0.4 is 18.9 Å². The molecule has 1 saturated heterocycles. The molecule has 2 aromatic rings. The van der Waals surface area contributed by atoms with Crippen LogP contribution in [0.4, 0.5) is 0 Å². The number of hydrogen-bond donors (Lipinski definition) is 0. The summed E-state index contributed by atoms with van der Waals surface area (Å²) in [4.78, 5) is 18.2. The third-order valence-corrected chi connectivity index (χ3v) is 7.47. The minimum Gasteiger partial charge on any atom is -0.493 e. The van der Waals surface area contributed by atoms with Crippen LogP contribution in [0.2, 0.25) is 0 Å². The minimum absolute atomic E-state index is 0. The molecule has 198 valence electrons. The van der Waals surface area contributed by atoms with Crippen molar-refractivity contribution in [3.8, 4) is 23.0 Å². The largest absolute Gasteiger partial charge is 0.493 e. The lowest BCUT2D eigenvalue weighted by atomic mass is 9.94. The zero-order valence-electron chi connectivity index (χ0n) is 22.0. The average molecular weight is 519 g/mol. The van der Waals surface area contributed by atoms with Crippen molar-refractivity contribution in [2.45, 2.75) is 44.6 Å². The monoisotopic (exact) mass is 518 g/mol. The molecule has 2 aliphatic rings. The van der Waals surface area contributed by atoms with Crippen LogP contribution >= 0.6 is 12.4 Å². The van der Waals surface area contributed by atoms with Gasteiger partial charge in [-0.3, -0.25) is 4.79 Å². The minimum atomic E-state index is -0.200. The SMILES string of the molecule is COc1ccc(CCN2CCC[C@H](N3CCc4cc(OC)c(OC)cc4C(C)C3=O)C2)cc1OC.Cl. The van der Waals surface area contributed by atoms with E-state index in [2.05, 4.69) is 21.9 Å². The molecule has 4 rings (SSSR count). The van der Waals surface area contributed by atoms with Crippen LogP contribution in [0.5, 0.6) is 23.0 Å². The summed E-state index contributed by atoms with van der Waals surface area (Å²) in [5.74, 6) is 2.92. The summed E-state index contributed by atoms with van der Waals surface area (Å²) < 4.78 is 21.8. The van der Waals surface area contributed by atoms with Crippen molar-refractivity contribution in [3.05, 3.63) is 47.0 Å². The molecule has 8 heteroatoms. The van der Waals surface area contributed by atoms with Crippen molar-refractivity contribution in [1.29, 1.82) is 0 Å². The van der Waals surface area contributed by atoms with Crippen molar-refractivity contribution in [1.82, 2.24) is 9.80 Å². The van der Waals surface area contributed by atoms with Crippen molar-refractivity contribution in [2.24, 2.45) is 0 Å². The van der Waals surface area contributed by atoms with Gasteiger partial charge in [0.2, 0.25) is 5.91 Å². The second-order valence-corrected chi connectivity index (χ2v) is 9.45. The Balaban J connectivity index is 0.00000361. The fraction of sp³-hybridized carbons (Fsp3) is 0.536. The van der Waals surface area contributed by atoms with Crippen LogP contribution in [0.15, 0.2) is 30.3 Å². The van der Waals surface area contributed by atoms with Crippen LogP contribution in [0.25, 0.3) is 0 Å². The molecule has 2 atom stereocenters. The number of likely N-dealkylation sites (tertiary alicyclic amines) is 1. The third-order valence-electron chi connectivity index (χ3n) is 7.47. The van der Waals surface area contributed by atoms with Crippen molar-refractivity contribution >= 4 is 18.3 Å². The predicted octanol–water partition coefficient (Wildman–Crippen LogP) is 4.34. The fourth-order valence-corrected chi connectivity index (χ4v) is 5.46. The highest BCUT2D eigenvalue weighted by Gasteiger charge is 2.34. The molecule has 0 bridgehead atoms. The summed E-state index contributed by atoms with van der Waals surface area (Å²) in [6, 6.07) is 10.4. The highest BCUT2D eigenvalue weighted by molar-refractivity contribution is 5.85. The number of fused-ring (bicyclic) bond motifs is 1. The molecule has 0 saturated carbocycles. The molecule has 36 heavy (non-hydrogen) atoms. The lowest BCUT2D eigenvalue weighted by Gasteiger charge is -2.39. The highest BCUT2D eigenvalue weighted by Crippen LogP contribution is 2.37. The smallest absolute Gasteiger partial charge is 0.230 e. The van der Waals surface area contributed by atoms with E-state index in [0.29, 0.717) is 5.75 Å². The molecule has 0 aliphatic carbocycles. The first-order valence-corrected chi connectivity index (χ1v) is 12.5. The summed E-state index contributed by atoms with van der Waals surface area (Å²) in [5.41, 5.74) is 3.45. The second-order valence-electron chi connectivity index (χ2n) is 9.45. The summed E-state index contributed by atoms with van der Waals surface area (Å²) in [6.07, 6.45) is 3.91. The number of carbonyl (C=O) groups is 1. The highest BCUT2D eigenvalue weighted by atomic mass is 35.5. The van der Waals surface area contributed by atoms with Crippen molar-refractivity contribution < 1.29 is 23.7 Å². The van der Waals surface area contributed by atoms with Gasteiger partial charge in [-0.1, -0.05) is 6.07 Å². The number of carbonyl (C=O) groups excluding carboxylic acids is 1. The number of benzene rings is 2. The van der Waals surface area contributed by atoms with Gasteiger partial charge in [-0.25, -0.2) is 0 Å². The van der Waals surface area contributed by atoms with Gasteiger partial charge in [0.25, 0.3) is 0 Å². The number of ether oxygens (including phenoxy) is 4. The van der Waals surface area contributed by atoms with Crippen LogP contribution in [0.3, 0.4) is 0 Å². The van der Waals surface area contributed by atoms with Gasteiger partial charge in [0, 0.05) is 25.7 Å². The summed E-state index contributed by atoms with van der Waals surface area (Å²) in [5, 5.41) is 0. The maximum atomic E-state index is 13.6. The number of nitrogens with zero attached hydrogens (tertiary/aromatic N) is 2. The Morgan fingerprint density at radius 2 is 1.56 bits per heavy atom. The molecule has 7 nitrogen and oxygen atoms in total. The van der Waals surface area contributed by atoms with E-state index in [1.54, 1.807) is 28.4 Å². The Kier molecular flexibility index (Phi) is 9.74. The molecular weight excluding hydrogens is 480 g/mol. The van der Waals surface area contributed by atoms with Gasteiger partial charge in [-0.15, -0.1) is 12.4 Å². The standard InChI is InChI=1S/C28H38N2O5.ClH/c1-19-23-17-27(35-5)26(34-4)16-21(23)11-14-30(28(19)31)22-7-6-12-29(18-22)13-10-20-8-9-24(32-2)25(15-20)33-3;/h8-9,15-17,19,22H,6-7,10-14,18H2,1-5H3;1H/t19?,22-;/m0./s1. The Hall–Kier alpha value is -2.64. The maximum Gasteiger partial charge on any atom is 0.230 e. The molecule has 0 N–H and O–H groups in total. The van der Waals surface area contributed by atoms with Gasteiger partial charge in [0.05, 0.1) is 34.4 Å². The Morgan fingerprint density at radius 3 is 2.25 bits per heavy atom. The average Bonchev–Trinajstić information content (AvgIpc) is 3.02. The number of piperidine rings is 1. The van der Waals surface area contributed by atoms with Gasteiger partial charge in [-0.2, -0.15) is 0 Å². The van der Waals surface area contributed by atoms with Gasteiger partial charge in [0.1, 0.15) is 0 Å². The van der Waals surface area contributed by atoms with Crippen molar-refractivity contribution in [3.63, 3.8) is 0 Å². The number of amides is 1. The summed E-state index contributed by atoms with van der Waals surface area (Å²) in [7, 11) is 6.61. The first-order valence-electron chi connectivity index (χ1n) is 12.5. The van der Waals surface area contributed by atoms with Crippen molar-refractivity contribution in [2.75, 3.05) is 54.6 Å². The quantitative estimate of drug-likeness (QED) is 0.518.